The van der Waals surface area contributed by atoms with Crippen molar-refractivity contribution in [3.8, 4) is 11.4 Å². The molecule has 1 saturated heterocycles. The van der Waals surface area contributed by atoms with E-state index in [1.807, 2.05) is 30.8 Å². The third-order valence-corrected chi connectivity index (χ3v) is 6.91. The van der Waals surface area contributed by atoms with Gasteiger partial charge in [-0.1, -0.05) is 19.9 Å². The van der Waals surface area contributed by atoms with Crippen molar-refractivity contribution in [2.45, 2.75) is 45.4 Å². The normalized spacial score (nSPS) is 15.3. The van der Waals surface area contributed by atoms with E-state index in [9.17, 15) is 4.79 Å². The molecule has 4 heterocycles. The molecule has 8 nitrogen and oxygen atoms in total. The molecule has 0 radical (unpaired) electrons. The molecule has 3 aromatic heterocycles. The van der Waals surface area contributed by atoms with Crippen molar-refractivity contribution in [1.82, 2.24) is 34.6 Å². The number of carbonyl (C=O) groups is 1. The van der Waals surface area contributed by atoms with Crippen molar-refractivity contribution in [1.29, 1.82) is 0 Å². The number of aromatic amines is 1. The first-order chi connectivity index (χ1) is 16.3. The maximum Gasteiger partial charge on any atom is 0.236 e. The highest BCUT2D eigenvalue weighted by molar-refractivity contribution is 5.91. The minimum absolute atomic E-state index is 0.225. The van der Waals surface area contributed by atoms with Crippen LogP contribution in [0, 0.1) is 6.92 Å². The molecule has 1 aliphatic rings. The predicted molar refractivity (Wildman–Crippen MR) is 134 cm³/mol. The minimum atomic E-state index is 0.225. The number of aromatic nitrogens is 5. The van der Waals surface area contributed by atoms with Gasteiger partial charge in [-0.15, -0.1) is 14.8 Å². The van der Waals surface area contributed by atoms with Gasteiger partial charge in [-0.3, -0.25) is 4.79 Å². The van der Waals surface area contributed by atoms with E-state index in [0.717, 1.165) is 54.0 Å². The third-order valence-electron chi connectivity index (χ3n) is 6.91. The van der Waals surface area contributed by atoms with E-state index in [1.165, 1.54) is 16.5 Å². The smallest absolute Gasteiger partial charge is 0.236 e. The molecule has 1 fully saturated rings. The second kappa shape index (κ2) is 8.83. The van der Waals surface area contributed by atoms with E-state index in [0.29, 0.717) is 18.4 Å². The van der Waals surface area contributed by atoms with Crippen LogP contribution in [0.2, 0.25) is 0 Å². The maximum atomic E-state index is 12.4. The fraction of sp³-hybridized carbons (Fsp3) is 0.462. The molecule has 0 saturated carbocycles. The van der Waals surface area contributed by atoms with Crippen LogP contribution in [-0.2, 0) is 4.79 Å². The quantitative estimate of drug-likeness (QED) is 0.488. The Morgan fingerprint density at radius 2 is 1.97 bits per heavy atom. The van der Waals surface area contributed by atoms with E-state index in [-0.39, 0.29) is 5.91 Å². The second-order valence-electron chi connectivity index (χ2n) is 10.1. The first-order valence-corrected chi connectivity index (χ1v) is 12.1. The molecule has 34 heavy (non-hydrogen) atoms. The van der Waals surface area contributed by atoms with Gasteiger partial charge in [0.2, 0.25) is 5.91 Å². The van der Waals surface area contributed by atoms with Crippen LogP contribution in [0.25, 0.3) is 27.9 Å². The van der Waals surface area contributed by atoms with Crippen molar-refractivity contribution in [3.63, 3.8) is 0 Å². The van der Waals surface area contributed by atoms with Gasteiger partial charge in [0.25, 0.3) is 0 Å². The summed E-state index contributed by atoms with van der Waals surface area (Å²) < 4.78 is 1.61. The van der Waals surface area contributed by atoms with Crippen molar-refractivity contribution < 1.29 is 4.79 Å². The van der Waals surface area contributed by atoms with Gasteiger partial charge in [-0.2, -0.15) is 0 Å². The van der Waals surface area contributed by atoms with Crippen LogP contribution < -0.4 is 0 Å². The van der Waals surface area contributed by atoms with E-state index < -0.39 is 0 Å². The zero-order chi connectivity index (χ0) is 24.0. The van der Waals surface area contributed by atoms with Crippen LogP contribution in [0.5, 0.6) is 0 Å². The lowest BCUT2D eigenvalue weighted by atomic mass is 9.87. The number of hydrogen-bond donors (Lipinski definition) is 1. The van der Waals surface area contributed by atoms with Crippen molar-refractivity contribution in [2.24, 2.45) is 0 Å². The standard InChI is InChI=1S/C26H33N7O/c1-16(2)24-20-13-19(18-8-10-32(11-9-18)23(34)14-31(4)5)6-7-21(20)29-25(24)22-12-17(3)26-27-15-28-33(26)30-22/h6-7,12-13,15-16,18,29H,8-11,14H2,1-5H3. The number of aryl methyl sites for hydroxylation is 1. The molecule has 5 rings (SSSR count). The molecule has 1 aromatic carbocycles. The Kier molecular flexibility index (Phi) is 5.85. The number of hydrogen-bond acceptors (Lipinski definition) is 5. The van der Waals surface area contributed by atoms with Gasteiger partial charge in [-0.05, 0) is 80.6 Å². The number of fused-ring (bicyclic) bond motifs is 2. The maximum absolute atomic E-state index is 12.4. The summed E-state index contributed by atoms with van der Waals surface area (Å²) in [6.45, 7) is 8.63. The lowest BCUT2D eigenvalue weighted by molar-refractivity contribution is -0.132. The van der Waals surface area contributed by atoms with Crippen LogP contribution in [0.15, 0.2) is 30.6 Å². The Bertz CT molecular complexity index is 1340. The number of likely N-dealkylation sites (N-methyl/N-ethyl adjacent to an activating group) is 1. The van der Waals surface area contributed by atoms with Crippen LogP contribution in [-0.4, -0.2) is 74.2 Å². The predicted octanol–water partition coefficient (Wildman–Crippen LogP) is 3.97. The summed E-state index contributed by atoms with van der Waals surface area (Å²) in [6.07, 6.45) is 3.55. The Morgan fingerprint density at radius 1 is 1.21 bits per heavy atom. The minimum Gasteiger partial charge on any atom is -0.353 e. The number of rotatable bonds is 5. The van der Waals surface area contributed by atoms with E-state index in [4.69, 9.17) is 5.10 Å². The van der Waals surface area contributed by atoms with Crippen LogP contribution in [0.3, 0.4) is 0 Å². The molecule has 0 atom stereocenters. The lowest BCUT2D eigenvalue weighted by Crippen LogP contribution is -2.42. The monoisotopic (exact) mass is 459 g/mol. The molecular formula is C26H33N7O. The highest BCUT2D eigenvalue weighted by atomic mass is 16.2. The number of benzene rings is 1. The third kappa shape index (κ3) is 4.07. The number of likely N-dealkylation sites (tertiary alicyclic amines) is 1. The van der Waals surface area contributed by atoms with Gasteiger partial charge >= 0.3 is 0 Å². The number of carbonyl (C=O) groups excluding carboxylic acids is 1. The van der Waals surface area contributed by atoms with E-state index in [2.05, 4.69) is 53.2 Å². The number of H-pyrrole nitrogens is 1. The summed E-state index contributed by atoms with van der Waals surface area (Å²) in [5, 5.41) is 10.2. The second-order valence-corrected chi connectivity index (χ2v) is 10.1. The molecule has 1 amide bonds. The molecule has 0 unspecified atom stereocenters. The Labute approximate surface area is 200 Å². The summed E-state index contributed by atoms with van der Waals surface area (Å²) in [6, 6.07) is 8.88. The Balaban J connectivity index is 1.47. The van der Waals surface area contributed by atoms with Crippen LogP contribution in [0.1, 0.15) is 55.2 Å². The summed E-state index contributed by atoms with van der Waals surface area (Å²) in [5.74, 6) is 1.03. The molecule has 1 aliphatic heterocycles. The molecule has 8 heteroatoms. The molecule has 0 bridgehead atoms. The first kappa shape index (κ1) is 22.5. The molecule has 0 aliphatic carbocycles. The van der Waals surface area contributed by atoms with Gasteiger partial charge in [0.1, 0.15) is 12.0 Å². The lowest BCUT2D eigenvalue weighted by Gasteiger charge is -2.33. The van der Waals surface area contributed by atoms with Crippen molar-refractivity contribution >= 4 is 22.5 Å². The van der Waals surface area contributed by atoms with Gasteiger partial charge < -0.3 is 14.8 Å². The van der Waals surface area contributed by atoms with Crippen LogP contribution in [0.4, 0.5) is 0 Å². The molecule has 0 spiro atoms. The summed E-state index contributed by atoms with van der Waals surface area (Å²) in [7, 11) is 3.89. The van der Waals surface area contributed by atoms with Crippen molar-refractivity contribution in [3.05, 3.63) is 47.3 Å². The fourth-order valence-corrected chi connectivity index (χ4v) is 5.21. The highest BCUT2D eigenvalue weighted by Crippen LogP contribution is 2.38. The first-order valence-electron chi connectivity index (χ1n) is 12.1. The topological polar surface area (TPSA) is 82.4 Å². The fourth-order valence-electron chi connectivity index (χ4n) is 5.21. The molecule has 178 valence electrons. The zero-order valence-electron chi connectivity index (χ0n) is 20.7. The van der Waals surface area contributed by atoms with Gasteiger partial charge in [-0.25, -0.2) is 4.98 Å². The van der Waals surface area contributed by atoms with Crippen molar-refractivity contribution in [2.75, 3.05) is 33.7 Å². The van der Waals surface area contributed by atoms with E-state index >= 15 is 0 Å². The van der Waals surface area contributed by atoms with Gasteiger partial charge in [0.15, 0.2) is 5.65 Å². The Morgan fingerprint density at radius 3 is 2.68 bits per heavy atom. The van der Waals surface area contributed by atoms with Gasteiger partial charge in [0.05, 0.1) is 12.2 Å². The average Bonchev–Trinajstić information content (AvgIpc) is 3.43. The number of nitrogens with one attached hydrogen (secondary N) is 1. The number of nitrogens with zero attached hydrogens (tertiary/aromatic N) is 6. The average molecular weight is 460 g/mol. The van der Waals surface area contributed by atoms with Gasteiger partial charge in [0, 0.05) is 24.0 Å². The summed E-state index contributed by atoms with van der Waals surface area (Å²) in [5.41, 5.74) is 7.52. The zero-order valence-corrected chi connectivity index (χ0v) is 20.7. The molecule has 4 aromatic rings. The highest BCUT2D eigenvalue weighted by Gasteiger charge is 2.25. The summed E-state index contributed by atoms with van der Waals surface area (Å²) >= 11 is 0. The Hall–Kier alpha value is -3.26. The molecule has 1 N–H and O–H groups in total. The summed E-state index contributed by atoms with van der Waals surface area (Å²) in [4.78, 5) is 24.3. The number of amides is 1. The molecular weight excluding hydrogens is 426 g/mol. The largest absolute Gasteiger partial charge is 0.353 e. The van der Waals surface area contributed by atoms with Crippen LogP contribution >= 0.6 is 0 Å². The SMILES string of the molecule is Cc1cc(-c2[nH]c3ccc(C4CCN(C(=O)CN(C)C)CC4)cc3c2C(C)C)nn2ncnc12. The van der Waals surface area contributed by atoms with E-state index in [1.54, 1.807) is 11.0 Å². The number of piperidine rings is 1.